The lowest BCUT2D eigenvalue weighted by Gasteiger charge is -2.13. The largest absolute Gasteiger partial charge is 0.347 e. The highest BCUT2D eigenvalue weighted by molar-refractivity contribution is 6.36. The van der Waals surface area contributed by atoms with Gasteiger partial charge < -0.3 is 9.47 Å². The molecule has 0 saturated carbocycles. The maximum Gasteiger partial charge on any atom is 0.258 e. The summed E-state index contributed by atoms with van der Waals surface area (Å²) in [4.78, 5) is 14.7. The van der Waals surface area contributed by atoms with Crippen molar-refractivity contribution in [2.75, 3.05) is 11.4 Å². The van der Waals surface area contributed by atoms with E-state index in [9.17, 15) is 4.79 Å². The van der Waals surface area contributed by atoms with Crippen LogP contribution in [-0.4, -0.2) is 17.0 Å². The third-order valence-corrected chi connectivity index (χ3v) is 4.74. The minimum Gasteiger partial charge on any atom is -0.347 e. The minimum absolute atomic E-state index is 0.0898. The Labute approximate surface area is 141 Å². The normalized spacial score (nSPS) is 15.5. The number of carbonyl (C=O) groups is 1. The second-order valence-corrected chi connectivity index (χ2v) is 6.01. The summed E-state index contributed by atoms with van der Waals surface area (Å²) in [6.07, 6.45) is 4.19. The van der Waals surface area contributed by atoms with Gasteiger partial charge in [0.1, 0.15) is 0 Å². The van der Waals surface area contributed by atoms with Crippen molar-refractivity contribution < 1.29 is 4.79 Å². The molecule has 0 N–H and O–H groups in total. The number of likely N-dealkylation sites (N-methyl/N-ethyl adjacent to an activating group) is 1. The molecule has 0 fully saturated rings. The Bertz CT molecular complexity index is 965. The molecule has 0 spiro atoms. The van der Waals surface area contributed by atoms with Crippen molar-refractivity contribution >= 4 is 34.1 Å². The second-order valence-electron chi connectivity index (χ2n) is 6.01. The maximum atomic E-state index is 12.9. The van der Waals surface area contributed by atoms with E-state index < -0.39 is 0 Å². The summed E-state index contributed by atoms with van der Waals surface area (Å²) in [6.45, 7) is 5.75. The number of carbonyl (C=O) groups excluding carboxylic acids is 1. The number of aryl methyl sites for hydroxylation is 1. The number of hydrogen-bond donors (Lipinski definition) is 0. The molecule has 0 aliphatic carbocycles. The van der Waals surface area contributed by atoms with Crippen LogP contribution >= 0.6 is 0 Å². The Kier molecular flexibility index (Phi) is 3.49. The molecule has 0 saturated heterocycles. The van der Waals surface area contributed by atoms with E-state index in [0.717, 1.165) is 28.9 Å². The summed E-state index contributed by atoms with van der Waals surface area (Å²) in [6, 6.07) is 16.4. The Morgan fingerprint density at radius 1 is 0.958 bits per heavy atom. The van der Waals surface area contributed by atoms with E-state index in [2.05, 4.69) is 35.9 Å². The average molecular weight is 316 g/mol. The molecule has 3 nitrogen and oxygen atoms in total. The zero-order valence-corrected chi connectivity index (χ0v) is 14.0. The molecule has 120 valence electrons. The van der Waals surface area contributed by atoms with Gasteiger partial charge in [0.05, 0.1) is 5.69 Å². The SMILES string of the molecule is CCN1C(=O)/C(=C/c2cn(CC)c3ccccc23)c2ccccc21. The summed E-state index contributed by atoms with van der Waals surface area (Å²) in [7, 11) is 0. The van der Waals surface area contributed by atoms with Crippen LogP contribution in [-0.2, 0) is 11.3 Å². The number of para-hydroxylation sites is 2. The molecule has 24 heavy (non-hydrogen) atoms. The first kappa shape index (κ1) is 14.8. The van der Waals surface area contributed by atoms with Gasteiger partial charge in [-0.1, -0.05) is 36.4 Å². The van der Waals surface area contributed by atoms with Crippen molar-refractivity contribution in [3.05, 3.63) is 65.9 Å². The molecule has 0 atom stereocenters. The quantitative estimate of drug-likeness (QED) is 0.650. The standard InChI is InChI=1S/C21H20N2O/c1-3-22-14-15(16-9-5-7-11-19(16)22)13-18-17-10-6-8-12-20(17)23(4-2)21(18)24/h5-14H,3-4H2,1-2H3/b18-13+. The van der Waals surface area contributed by atoms with Crippen molar-refractivity contribution in [3.63, 3.8) is 0 Å². The minimum atomic E-state index is 0.0898. The molecule has 3 aromatic rings. The van der Waals surface area contributed by atoms with Crippen LogP contribution in [0.3, 0.4) is 0 Å². The number of aromatic nitrogens is 1. The first-order chi connectivity index (χ1) is 11.7. The summed E-state index contributed by atoms with van der Waals surface area (Å²) >= 11 is 0. The molecule has 2 aromatic carbocycles. The van der Waals surface area contributed by atoms with E-state index in [4.69, 9.17) is 0 Å². The maximum absolute atomic E-state index is 12.9. The fourth-order valence-corrected chi connectivity index (χ4v) is 3.57. The number of benzene rings is 2. The van der Waals surface area contributed by atoms with E-state index in [1.807, 2.05) is 48.2 Å². The number of rotatable bonds is 3. The van der Waals surface area contributed by atoms with Gasteiger partial charge in [0.15, 0.2) is 0 Å². The third-order valence-electron chi connectivity index (χ3n) is 4.74. The summed E-state index contributed by atoms with van der Waals surface area (Å²) in [5.41, 5.74) is 5.13. The van der Waals surface area contributed by atoms with E-state index in [0.29, 0.717) is 6.54 Å². The number of nitrogens with zero attached hydrogens (tertiary/aromatic N) is 2. The lowest BCUT2D eigenvalue weighted by molar-refractivity contribution is -0.112. The lowest BCUT2D eigenvalue weighted by Crippen LogP contribution is -2.25. The van der Waals surface area contributed by atoms with E-state index in [1.54, 1.807) is 0 Å². The first-order valence-corrected chi connectivity index (χ1v) is 8.45. The summed E-state index contributed by atoms with van der Waals surface area (Å²) in [5, 5.41) is 1.19. The van der Waals surface area contributed by atoms with Crippen molar-refractivity contribution in [2.45, 2.75) is 20.4 Å². The van der Waals surface area contributed by atoms with E-state index in [1.165, 1.54) is 10.9 Å². The van der Waals surface area contributed by atoms with Gasteiger partial charge >= 0.3 is 0 Å². The predicted molar refractivity (Wildman–Crippen MR) is 100.0 cm³/mol. The van der Waals surface area contributed by atoms with Gasteiger partial charge in [-0.05, 0) is 32.1 Å². The van der Waals surface area contributed by atoms with E-state index in [-0.39, 0.29) is 5.91 Å². The number of hydrogen-bond acceptors (Lipinski definition) is 1. The lowest BCUT2D eigenvalue weighted by atomic mass is 10.0. The van der Waals surface area contributed by atoms with Gasteiger partial charge in [-0.2, -0.15) is 0 Å². The highest BCUT2D eigenvalue weighted by Gasteiger charge is 2.30. The molecular formula is C21H20N2O. The molecule has 1 aromatic heterocycles. The summed E-state index contributed by atoms with van der Waals surface area (Å²) < 4.78 is 2.23. The van der Waals surface area contributed by atoms with E-state index >= 15 is 0 Å². The fraction of sp³-hybridized carbons (Fsp3) is 0.190. The van der Waals surface area contributed by atoms with Crippen molar-refractivity contribution in [1.82, 2.24) is 4.57 Å². The number of amides is 1. The van der Waals surface area contributed by atoms with Gasteiger partial charge in [0, 0.05) is 46.9 Å². The monoisotopic (exact) mass is 316 g/mol. The molecule has 1 amide bonds. The van der Waals surface area contributed by atoms with Gasteiger partial charge in [-0.15, -0.1) is 0 Å². The van der Waals surface area contributed by atoms with Crippen LogP contribution in [0, 0.1) is 0 Å². The van der Waals surface area contributed by atoms with Crippen molar-refractivity contribution in [1.29, 1.82) is 0 Å². The Hall–Kier alpha value is -2.81. The van der Waals surface area contributed by atoms with Crippen molar-refractivity contribution in [3.8, 4) is 0 Å². The van der Waals surface area contributed by atoms with Crippen molar-refractivity contribution in [2.24, 2.45) is 0 Å². The molecular weight excluding hydrogens is 296 g/mol. The molecule has 2 heterocycles. The molecule has 1 aliphatic rings. The molecule has 4 rings (SSSR count). The second kappa shape index (κ2) is 5.68. The van der Waals surface area contributed by atoms with Crippen LogP contribution in [0.2, 0.25) is 0 Å². The molecule has 0 unspecified atom stereocenters. The number of anilines is 1. The smallest absolute Gasteiger partial charge is 0.258 e. The van der Waals surface area contributed by atoms with Crippen LogP contribution in [0.4, 0.5) is 5.69 Å². The Morgan fingerprint density at radius 3 is 2.50 bits per heavy atom. The van der Waals surface area contributed by atoms with Gasteiger partial charge in [0.25, 0.3) is 5.91 Å². The summed E-state index contributed by atoms with van der Waals surface area (Å²) in [5.74, 6) is 0.0898. The highest BCUT2D eigenvalue weighted by Crippen LogP contribution is 2.38. The Morgan fingerprint density at radius 2 is 1.71 bits per heavy atom. The van der Waals surface area contributed by atoms with Gasteiger partial charge in [0.2, 0.25) is 0 Å². The van der Waals surface area contributed by atoms with Gasteiger partial charge in [-0.25, -0.2) is 0 Å². The fourth-order valence-electron chi connectivity index (χ4n) is 3.57. The molecule has 3 heteroatoms. The molecule has 1 aliphatic heterocycles. The Balaban J connectivity index is 1.92. The zero-order valence-electron chi connectivity index (χ0n) is 14.0. The zero-order chi connectivity index (χ0) is 16.7. The van der Waals surface area contributed by atoms with Crippen LogP contribution in [0.25, 0.3) is 22.6 Å². The molecule has 0 bridgehead atoms. The highest BCUT2D eigenvalue weighted by atomic mass is 16.2. The predicted octanol–water partition coefficient (Wildman–Crippen LogP) is 4.57. The topological polar surface area (TPSA) is 25.2 Å². The number of fused-ring (bicyclic) bond motifs is 2. The van der Waals surface area contributed by atoms with Crippen LogP contribution in [0.5, 0.6) is 0 Å². The van der Waals surface area contributed by atoms with Crippen LogP contribution < -0.4 is 4.90 Å². The van der Waals surface area contributed by atoms with Gasteiger partial charge in [-0.3, -0.25) is 4.79 Å². The van der Waals surface area contributed by atoms with Crippen LogP contribution in [0.1, 0.15) is 25.0 Å². The van der Waals surface area contributed by atoms with Crippen LogP contribution in [0.15, 0.2) is 54.7 Å². The third kappa shape index (κ3) is 2.08. The average Bonchev–Trinajstić information content (AvgIpc) is 3.11. The first-order valence-electron chi connectivity index (χ1n) is 8.45. The molecule has 0 radical (unpaired) electrons.